The maximum Gasteiger partial charge on any atom is 0.416 e. The van der Waals surface area contributed by atoms with Crippen molar-refractivity contribution in [3.63, 3.8) is 0 Å². The van der Waals surface area contributed by atoms with Gasteiger partial charge in [0.05, 0.1) is 39.8 Å². The number of benzene rings is 4. The molecule has 42 heavy (non-hydrogen) atoms. The van der Waals surface area contributed by atoms with Crippen molar-refractivity contribution >= 4 is 56.2 Å². The third kappa shape index (κ3) is 6.30. The Morgan fingerprint density at radius 3 is 2.52 bits per heavy atom. The van der Waals surface area contributed by atoms with Crippen LogP contribution in [0.25, 0.3) is 22.3 Å². The first-order chi connectivity index (χ1) is 20.0. The second-order valence-electron chi connectivity index (χ2n) is 8.96. The minimum Gasteiger partial charge on any atom is -0.493 e. The average Bonchev–Trinajstić information content (AvgIpc) is 2.97. The lowest BCUT2D eigenvalue weighted by Crippen LogP contribution is -2.20. The largest absolute Gasteiger partial charge is 0.493 e. The van der Waals surface area contributed by atoms with Gasteiger partial charge in [-0.1, -0.05) is 69.5 Å². The van der Waals surface area contributed by atoms with Crippen molar-refractivity contribution in [2.75, 3.05) is 7.11 Å². The zero-order valence-corrected chi connectivity index (χ0v) is 24.7. The number of para-hydroxylation sites is 1. The third-order valence-electron chi connectivity index (χ3n) is 6.15. The van der Waals surface area contributed by atoms with Gasteiger partial charge in [-0.3, -0.25) is 4.79 Å². The van der Waals surface area contributed by atoms with E-state index in [1.165, 1.54) is 25.5 Å². The van der Waals surface area contributed by atoms with Gasteiger partial charge in [0.25, 0.3) is 5.56 Å². The second kappa shape index (κ2) is 12.2. The number of nitrogens with zero attached hydrogens (tertiary/aromatic N) is 3. The maximum absolute atomic E-state index is 13.6. The zero-order valence-electron chi connectivity index (χ0n) is 21.6. The van der Waals surface area contributed by atoms with Crippen molar-refractivity contribution in [1.82, 2.24) is 9.66 Å². The molecule has 0 N–H and O–H groups in total. The van der Waals surface area contributed by atoms with Crippen LogP contribution < -0.4 is 15.0 Å². The summed E-state index contributed by atoms with van der Waals surface area (Å²) in [5.41, 5.74) is 0.0800. The van der Waals surface area contributed by atoms with E-state index in [-0.39, 0.29) is 23.4 Å². The van der Waals surface area contributed by atoms with Crippen LogP contribution in [0.3, 0.4) is 0 Å². The number of alkyl halides is 3. The second-order valence-corrected chi connectivity index (χ2v) is 10.7. The predicted molar refractivity (Wildman–Crippen MR) is 161 cm³/mol. The van der Waals surface area contributed by atoms with E-state index in [0.717, 1.165) is 22.4 Å². The molecule has 0 aliphatic carbocycles. The summed E-state index contributed by atoms with van der Waals surface area (Å²) < 4.78 is 53.7. The number of halogens is 6. The predicted octanol–water partition coefficient (Wildman–Crippen LogP) is 8.62. The number of methoxy groups -OCH3 is 1. The molecular formula is C30H19BrCl2F3N3O3. The van der Waals surface area contributed by atoms with Gasteiger partial charge >= 0.3 is 6.18 Å². The van der Waals surface area contributed by atoms with Crippen molar-refractivity contribution in [3.8, 4) is 22.9 Å². The molecule has 5 rings (SSSR count). The molecule has 4 aromatic carbocycles. The third-order valence-corrected chi connectivity index (χ3v) is 7.35. The van der Waals surface area contributed by atoms with Crippen LogP contribution in [0.2, 0.25) is 10.0 Å². The van der Waals surface area contributed by atoms with Crippen molar-refractivity contribution in [2.24, 2.45) is 5.10 Å². The number of hydrogen-bond acceptors (Lipinski definition) is 5. The molecule has 12 heteroatoms. The molecule has 5 aromatic rings. The van der Waals surface area contributed by atoms with E-state index in [1.807, 2.05) is 0 Å². The Morgan fingerprint density at radius 1 is 1.00 bits per heavy atom. The molecule has 6 nitrogen and oxygen atoms in total. The number of hydrogen-bond donors (Lipinski definition) is 0. The van der Waals surface area contributed by atoms with Crippen molar-refractivity contribution in [1.29, 1.82) is 0 Å². The molecule has 0 unspecified atom stereocenters. The average molecular weight is 677 g/mol. The zero-order chi connectivity index (χ0) is 30.0. The van der Waals surface area contributed by atoms with Crippen molar-refractivity contribution in [3.05, 3.63) is 120 Å². The summed E-state index contributed by atoms with van der Waals surface area (Å²) >= 11 is 15.6. The Morgan fingerprint density at radius 2 is 1.79 bits per heavy atom. The summed E-state index contributed by atoms with van der Waals surface area (Å²) in [5, 5.41) is 5.41. The normalized spacial score (nSPS) is 11.8. The molecule has 1 aromatic heterocycles. The Kier molecular flexibility index (Phi) is 8.58. The number of fused-ring (bicyclic) bond motifs is 1. The van der Waals surface area contributed by atoms with Crippen LogP contribution in [-0.2, 0) is 12.8 Å². The molecule has 0 atom stereocenters. The Hall–Kier alpha value is -3.86. The number of rotatable bonds is 7. The molecule has 0 aliphatic rings. The van der Waals surface area contributed by atoms with Gasteiger partial charge in [-0.15, -0.1) is 0 Å². The Labute approximate surface area is 256 Å². The molecule has 0 aliphatic heterocycles. The van der Waals surface area contributed by atoms with Crippen LogP contribution in [0.5, 0.6) is 11.5 Å². The highest BCUT2D eigenvalue weighted by atomic mass is 79.9. The first kappa shape index (κ1) is 29.6. The van der Waals surface area contributed by atoms with E-state index in [2.05, 4.69) is 26.0 Å². The molecule has 0 bridgehead atoms. The SMILES string of the molecule is COc1cc(Br)cc(C=Nn2c(-c3cccc(C(F)(F)F)c3)nc3ccccc3c2=O)c1OCc1ccc(Cl)c(Cl)c1. The van der Waals surface area contributed by atoms with Gasteiger partial charge in [0.15, 0.2) is 17.3 Å². The van der Waals surface area contributed by atoms with E-state index < -0.39 is 17.3 Å². The van der Waals surface area contributed by atoms with Gasteiger partial charge in [0, 0.05) is 15.6 Å². The summed E-state index contributed by atoms with van der Waals surface area (Å²) in [7, 11) is 1.47. The van der Waals surface area contributed by atoms with Gasteiger partial charge in [-0.2, -0.15) is 22.9 Å². The molecule has 1 heterocycles. The lowest BCUT2D eigenvalue weighted by atomic mass is 10.1. The highest BCUT2D eigenvalue weighted by Crippen LogP contribution is 2.36. The lowest BCUT2D eigenvalue weighted by Gasteiger charge is -2.15. The monoisotopic (exact) mass is 675 g/mol. The number of aromatic nitrogens is 2. The summed E-state index contributed by atoms with van der Waals surface area (Å²) in [6, 6.07) is 19.6. The van der Waals surface area contributed by atoms with Gasteiger partial charge in [0.1, 0.15) is 6.61 Å². The summed E-state index contributed by atoms with van der Waals surface area (Å²) in [5.74, 6) is 0.604. The summed E-state index contributed by atoms with van der Waals surface area (Å²) in [4.78, 5) is 18.1. The summed E-state index contributed by atoms with van der Waals surface area (Å²) in [6.45, 7) is 0.0999. The van der Waals surface area contributed by atoms with E-state index >= 15 is 0 Å². The van der Waals surface area contributed by atoms with Crippen LogP contribution in [-0.4, -0.2) is 23.0 Å². The van der Waals surface area contributed by atoms with Gasteiger partial charge in [-0.25, -0.2) is 4.98 Å². The Balaban J connectivity index is 1.63. The molecule has 0 saturated carbocycles. The lowest BCUT2D eigenvalue weighted by molar-refractivity contribution is -0.137. The highest BCUT2D eigenvalue weighted by Gasteiger charge is 2.31. The standard InChI is InChI=1S/C30H19BrCl2F3N3O3/c1-41-26-14-21(31)13-19(27(26)42-16-17-9-10-23(32)24(33)11-17)15-37-39-28(18-5-4-6-20(12-18)30(34,35)36)38-25-8-3-2-7-22(25)29(39)40/h2-15H,16H2,1H3. The van der Waals surface area contributed by atoms with Gasteiger partial charge in [-0.05, 0) is 54.1 Å². The van der Waals surface area contributed by atoms with Crippen LogP contribution in [0.4, 0.5) is 13.2 Å². The van der Waals surface area contributed by atoms with E-state index in [0.29, 0.717) is 37.1 Å². The van der Waals surface area contributed by atoms with Gasteiger partial charge in [0.2, 0.25) is 0 Å². The van der Waals surface area contributed by atoms with Crippen molar-refractivity contribution in [2.45, 2.75) is 12.8 Å². The maximum atomic E-state index is 13.6. The molecule has 0 fully saturated rings. The van der Waals surface area contributed by atoms with Crippen LogP contribution in [0.1, 0.15) is 16.7 Å². The molecule has 0 radical (unpaired) electrons. The Bertz CT molecular complexity index is 1890. The fourth-order valence-electron chi connectivity index (χ4n) is 4.15. The van der Waals surface area contributed by atoms with Crippen LogP contribution >= 0.6 is 39.1 Å². The van der Waals surface area contributed by atoms with E-state index in [4.69, 9.17) is 32.7 Å². The first-order valence-corrected chi connectivity index (χ1v) is 13.8. The van der Waals surface area contributed by atoms with E-state index in [1.54, 1.807) is 54.6 Å². The highest BCUT2D eigenvalue weighted by molar-refractivity contribution is 9.10. The minimum atomic E-state index is -4.59. The van der Waals surface area contributed by atoms with Gasteiger partial charge < -0.3 is 9.47 Å². The molecule has 214 valence electrons. The molecule has 0 saturated heterocycles. The quantitative estimate of drug-likeness (QED) is 0.162. The van der Waals surface area contributed by atoms with Crippen LogP contribution in [0, 0.1) is 0 Å². The minimum absolute atomic E-state index is 0.0627. The topological polar surface area (TPSA) is 65.7 Å². The van der Waals surface area contributed by atoms with Crippen LogP contribution in [0.15, 0.2) is 93.2 Å². The molecule has 0 spiro atoms. The first-order valence-electron chi connectivity index (χ1n) is 12.2. The number of ether oxygens (including phenoxy) is 2. The fourth-order valence-corrected chi connectivity index (χ4v) is 4.92. The van der Waals surface area contributed by atoms with E-state index in [9.17, 15) is 18.0 Å². The molecular weight excluding hydrogens is 658 g/mol. The fraction of sp³-hybridized carbons (Fsp3) is 0.100. The van der Waals surface area contributed by atoms with Crippen molar-refractivity contribution < 1.29 is 22.6 Å². The molecule has 0 amide bonds. The summed E-state index contributed by atoms with van der Waals surface area (Å²) in [6.07, 6.45) is -3.24. The smallest absolute Gasteiger partial charge is 0.416 e.